The minimum atomic E-state index is -4.21. The number of halogens is 4. The summed E-state index contributed by atoms with van der Waals surface area (Å²) in [5, 5.41) is 8.51. The van der Waals surface area contributed by atoms with Crippen LogP contribution in [0.2, 0.25) is 0 Å². The Morgan fingerprint density at radius 3 is 2.36 bits per heavy atom. The summed E-state index contributed by atoms with van der Waals surface area (Å²) < 4.78 is 36.6. The minimum Gasteiger partial charge on any atom is -0.396 e. The third kappa shape index (κ3) is 8.52. The van der Waals surface area contributed by atoms with Crippen molar-refractivity contribution < 1.29 is 18.3 Å². The zero-order valence-corrected chi connectivity index (χ0v) is 9.23. The van der Waals surface area contributed by atoms with Crippen LogP contribution in [0.5, 0.6) is 0 Å². The maximum absolute atomic E-state index is 12.0. The molecule has 0 heterocycles. The van der Waals surface area contributed by atoms with Crippen LogP contribution in [0.3, 0.4) is 0 Å². The topological polar surface area (TPSA) is 23.5 Å². The molecule has 6 heteroatoms. The highest BCUT2D eigenvalue weighted by Gasteiger charge is 2.30. The summed E-state index contributed by atoms with van der Waals surface area (Å²) in [5.41, 5.74) is 0. The standard InChI is InChI=1S/C8H13BrF3NO/c1-7(9)5-13(3-2-4-14)6-8(10,11)12/h14H,1-6H2. The van der Waals surface area contributed by atoms with Gasteiger partial charge in [0.25, 0.3) is 0 Å². The van der Waals surface area contributed by atoms with E-state index in [4.69, 9.17) is 5.11 Å². The van der Waals surface area contributed by atoms with Gasteiger partial charge in [0.15, 0.2) is 0 Å². The molecule has 0 radical (unpaired) electrons. The SMILES string of the molecule is C=C(Br)CN(CCCO)CC(F)(F)F. The second-order valence-electron chi connectivity index (χ2n) is 2.92. The summed E-state index contributed by atoms with van der Waals surface area (Å²) in [6.07, 6.45) is -3.88. The number of rotatable bonds is 6. The van der Waals surface area contributed by atoms with Crippen molar-refractivity contribution >= 4 is 15.9 Å². The number of nitrogens with zero attached hydrogens (tertiary/aromatic N) is 1. The molecule has 0 spiro atoms. The lowest BCUT2D eigenvalue weighted by atomic mass is 10.3. The highest BCUT2D eigenvalue weighted by atomic mass is 79.9. The lowest BCUT2D eigenvalue weighted by molar-refractivity contribution is -0.145. The van der Waals surface area contributed by atoms with Gasteiger partial charge in [-0.15, -0.1) is 0 Å². The van der Waals surface area contributed by atoms with E-state index in [1.807, 2.05) is 0 Å². The van der Waals surface area contributed by atoms with Crippen LogP contribution >= 0.6 is 15.9 Å². The number of aliphatic hydroxyl groups excluding tert-OH is 1. The average Bonchev–Trinajstić information content (AvgIpc) is 1.96. The van der Waals surface area contributed by atoms with Crippen LogP contribution in [0.25, 0.3) is 0 Å². The van der Waals surface area contributed by atoms with Gasteiger partial charge >= 0.3 is 6.18 Å². The summed E-state index contributed by atoms with van der Waals surface area (Å²) >= 11 is 3.01. The van der Waals surface area contributed by atoms with Gasteiger partial charge in [0.1, 0.15) is 0 Å². The summed E-state index contributed by atoms with van der Waals surface area (Å²) in [5.74, 6) is 0. The van der Waals surface area contributed by atoms with Crippen molar-refractivity contribution in [2.45, 2.75) is 12.6 Å². The first kappa shape index (κ1) is 13.9. The molecule has 0 amide bonds. The molecule has 0 aromatic carbocycles. The zero-order valence-electron chi connectivity index (χ0n) is 7.65. The number of alkyl halides is 3. The van der Waals surface area contributed by atoms with Crippen molar-refractivity contribution in [3.63, 3.8) is 0 Å². The highest BCUT2D eigenvalue weighted by molar-refractivity contribution is 9.11. The van der Waals surface area contributed by atoms with E-state index in [1.54, 1.807) is 0 Å². The second-order valence-corrected chi connectivity index (χ2v) is 4.04. The Balaban J connectivity index is 4.03. The molecular formula is C8H13BrF3NO. The van der Waals surface area contributed by atoms with Crippen LogP contribution in [-0.4, -0.2) is 42.4 Å². The molecule has 0 rings (SSSR count). The predicted octanol–water partition coefficient (Wildman–Crippen LogP) is 2.14. The Labute approximate surface area is 89.5 Å². The molecule has 1 N–H and O–H groups in total. The molecule has 0 aromatic heterocycles. The van der Waals surface area contributed by atoms with E-state index in [0.717, 1.165) is 0 Å². The van der Waals surface area contributed by atoms with Gasteiger partial charge in [0.2, 0.25) is 0 Å². The lowest BCUT2D eigenvalue weighted by Crippen LogP contribution is -2.36. The van der Waals surface area contributed by atoms with E-state index in [1.165, 1.54) is 4.90 Å². The van der Waals surface area contributed by atoms with E-state index >= 15 is 0 Å². The van der Waals surface area contributed by atoms with Crippen LogP contribution < -0.4 is 0 Å². The molecular weight excluding hydrogens is 263 g/mol. The van der Waals surface area contributed by atoms with E-state index in [9.17, 15) is 13.2 Å². The molecule has 0 aliphatic carbocycles. The average molecular weight is 276 g/mol. The quantitative estimate of drug-likeness (QED) is 0.803. The molecule has 0 bridgehead atoms. The van der Waals surface area contributed by atoms with E-state index in [-0.39, 0.29) is 19.7 Å². The first-order valence-corrected chi connectivity index (χ1v) is 4.87. The molecule has 0 aliphatic heterocycles. The van der Waals surface area contributed by atoms with Crippen molar-refractivity contribution in [2.24, 2.45) is 0 Å². The first-order valence-electron chi connectivity index (χ1n) is 4.08. The van der Waals surface area contributed by atoms with Crippen LogP contribution in [-0.2, 0) is 0 Å². The summed E-state index contributed by atoms with van der Waals surface area (Å²) in [7, 11) is 0. The van der Waals surface area contributed by atoms with Crippen molar-refractivity contribution in [3.05, 3.63) is 11.1 Å². The van der Waals surface area contributed by atoms with Gasteiger partial charge in [0, 0.05) is 24.2 Å². The van der Waals surface area contributed by atoms with Gasteiger partial charge in [-0.2, -0.15) is 13.2 Å². The van der Waals surface area contributed by atoms with E-state index in [2.05, 4.69) is 22.5 Å². The van der Waals surface area contributed by atoms with Crippen molar-refractivity contribution in [1.82, 2.24) is 4.90 Å². The van der Waals surface area contributed by atoms with Crippen molar-refractivity contribution in [2.75, 3.05) is 26.2 Å². The smallest absolute Gasteiger partial charge is 0.396 e. The molecule has 0 aromatic rings. The van der Waals surface area contributed by atoms with E-state index in [0.29, 0.717) is 10.9 Å². The molecule has 0 aliphatic rings. The molecule has 2 nitrogen and oxygen atoms in total. The molecule has 0 saturated heterocycles. The van der Waals surface area contributed by atoms with Crippen molar-refractivity contribution in [1.29, 1.82) is 0 Å². The lowest BCUT2D eigenvalue weighted by Gasteiger charge is -2.22. The Hall–Kier alpha value is -0.0700. The third-order valence-corrected chi connectivity index (χ3v) is 1.68. The maximum atomic E-state index is 12.0. The third-order valence-electron chi connectivity index (χ3n) is 1.43. The van der Waals surface area contributed by atoms with Crippen LogP contribution in [0.15, 0.2) is 11.1 Å². The van der Waals surface area contributed by atoms with Crippen LogP contribution in [0.4, 0.5) is 13.2 Å². The number of hydrogen-bond donors (Lipinski definition) is 1. The maximum Gasteiger partial charge on any atom is 0.401 e. The van der Waals surface area contributed by atoms with Gasteiger partial charge in [-0.3, -0.25) is 4.90 Å². The molecule has 0 atom stereocenters. The Bertz CT molecular complexity index is 184. The molecule has 0 fully saturated rings. The fourth-order valence-electron chi connectivity index (χ4n) is 1.00. The fraction of sp³-hybridized carbons (Fsp3) is 0.750. The molecule has 84 valence electrons. The summed E-state index contributed by atoms with van der Waals surface area (Å²) in [4.78, 5) is 1.19. The Morgan fingerprint density at radius 1 is 1.43 bits per heavy atom. The van der Waals surface area contributed by atoms with Gasteiger partial charge in [0.05, 0.1) is 6.54 Å². The molecule has 14 heavy (non-hydrogen) atoms. The first-order chi connectivity index (χ1) is 6.35. The normalized spacial score (nSPS) is 12.1. The minimum absolute atomic E-state index is 0.108. The molecule has 0 unspecified atom stereocenters. The van der Waals surface area contributed by atoms with E-state index < -0.39 is 12.7 Å². The summed E-state index contributed by atoms with van der Waals surface area (Å²) in [6, 6.07) is 0. The summed E-state index contributed by atoms with van der Waals surface area (Å²) in [6.45, 7) is 2.74. The number of hydrogen-bond acceptors (Lipinski definition) is 2. The van der Waals surface area contributed by atoms with Gasteiger partial charge in [-0.1, -0.05) is 22.5 Å². The predicted molar refractivity (Wildman–Crippen MR) is 52.3 cm³/mol. The fourth-order valence-corrected chi connectivity index (χ4v) is 1.36. The van der Waals surface area contributed by atoms with Crippen molar-refractivity contribution in [3.8, 4) is 0 Å². The monoisotopic (exact) mass is 275 g/mol. The van der Waals surface area contributed by atoms with Gasteiger partial charge in [-0.05, 0) is 6.42 Å². The Kier molecular flexibility index (Phi) is 6.39. The highest BCUT2D eigenvalue weighted by Crippen LogP contribution is 2.18. The Morgan fingerprint density at radius 2 is 2.00 bits per heavy atom. The largest absolute Gasteiger partial charge is 0.401 e. The van der Waals surface area contributed by atoms with Gasteiger partial charge < -0.3 is 5.11 Å². The molecule has 0 saturated carbocycles. The number of aliphatic hydroxyl groups is 1. The van der Waals surface area contributed by atoms with Crippen LogP contribution in [0.1, 0.15) is 6.42 Å². The van der Waals surface area contributed by atoms with Gasteiger partial charge in [-0.25, -0.2) is 0 Å². The van der Waals surface area contributed by atoms with Crippen LogP contribution in [0, 0.1) is 0 Å². The zero-order chi connectivity index (χ0) is 11.2. The second kappa shape index (κ2) is 6.42.